The summed E-state index contributed by atoms with van der Waals surface area (Å²) in [5, 5.41) is 0. The van der Waals surface area contributed by atoms with Crippen molar-refractivity contribution in [2.24, 2.45) is 0 Å². The predicted molar refractivity (Wildman–Crippen MR) is 85.0 cm³/mol. The molecular formula is C16H21N5. The van der Waals surface area contributed by atoms with E-state index in [1.54, 1.807) is 6.20 Å². The highest BCUT2D eigenvalue weighted by molar-refractivity contribution is 5.45. The van der Waals surface area contributed by atoms with Crippen LogP contribution in [0.1, 0.15) is 12.1 Å². The molecule has 21 heavy (non-hydrogen) atoms. The van der Waals surface area contributed by atoms with Gasteiger partial charge in [0, 0.05) is 38.9 Å². The quantitative estimate of drug-likeness (QED) is 0.930. The van der Waals surface area contributed by atoms with Gasteiger partial charge < -0.3 is 10.6 Å². The standard InChI is InChI=1S/C16H21N5/c17-14-5-6-16(19-12-14)21-9-3-8-20(10-11-21)13-15-4-1-2-7-18-15/h1-2,4-7,12H,3,8-11,13,17H2. The number of aromatic nitrogens is 2. The van der Waals surface area contributed by atoms with Crippen molar-refractivity contribution in [1.29, 1.82) is 0 Å². The van der Waals surface area contributed by atoms with Crippen molar-refractivity contribution in [3.63, 3.8) is 0 Å². The molecule has 0 aromatic carbocycles. The SMILES string of the molecule is Nc1ccc(N2CCCN(Cc3ccccn3)CC2)nc1. The number of nitrogens with zero attached hydrogens (tertiary/aromatic N) is 4. The summed E-state index contributed by atoms with van der Waals surface area (Å²) in [6.45, 7) is 5.08. The van der Waals surface area contributed by atoms with Crippen LogP contribution in [0, 0.1) is 0 Å². The molecular weight excluding hydrogens is 262 g/mol. The molecule has 5 heteroatoms. The topological polar surface area (TPSA) is 58.3 Å². The first-order valence-corrected chi connectivity index (χ1v) is 7.40. The van der Waals surface area contributed by atoms with Crippen molar-refractivity contribution in [3.8, 4) is 0 Å². The van der Waals surface area contributed by atoms with E-state index in [2.05, 4.69) is 25.8 Å². The van der Waals surface area contributed by atoms with E-state index in [0.29, 0.717) is 5.69 Å². The van der Waals surface area contributed by atoms with E-state index in [4.69, 9.17) is 5.73 Å². The molecule has 0 saturated carbocycles. The second-order valence-corrected chi connectivity index (χ2v) is 5.39. The van der Waals surface area contributed by atoms with Crippen molar-refractivity contribution >= 4 is 11.5 Å². The zero-order chi connectivity index (χ0) is 14.5. The van der Waals surface area contributed by atoms with Crippen LogP contribution < -0.4 is 10.6 Å². The van der Waals surface area contributed by atoms with Gasteiger partial charge in [0.05, 0.1) is 17.6 Å². The highest BCUT2D eigenvalue weighted by Gasteiger charge is 2.16. The van der Waals surface area contributed by atoms with Gasteiger partial charge in [-0.15, -0.1) is 0 Å². The number of anilines is 2. The number of nitrogen functional groups attached to an aromatic ring is 1. The summed E-state index contributed by atoms with van der Waals surface area (Å²) in [7, 11) is 0. The van der Waals surface area contributed by atoms with Crippen molar-refractivity contribution in [1.82, 2.24) is 14.9 Å². The Morgan fingerprint density at radius 1 is 1.00 bits per heavy atom. The monoisotopic (exact) mass is 283 g/mol. The van der Waals surface area contributed by atoms with Gasteiger partial charge in [-0.3, -0.25) is 9.88 Å². The largest absolute Gasteiger partial charge is 0.397 e. The van der Waals surface area contributed by atoms with Crippen LogP contribution in [0.4, 0.5) is 11.5 Å². The first-order chi connectivity index (χ1) is 10.3. The Kier molecular flexibility index (Phi) is 4.31. The maximum atomic E-state index is 5.70. The van der Waals surface area contributed by atoms with Crippen LogP contribution >= 0.6 is 0 Å². The predicted octanol–water partition coefficient (Wildman–Crippen LogP) is 1.77. The normalized spacial score (nSPS) is 16.7. The lowest BCUT2D eigenvalue weighted by Gasteiger charge is -2.22. The number of pyridine rings is 2. The summed E-state index contributed by atoms with van der Waals surface area (Å²) in [5.41, 5.74) is 7.55. The molecule has 3 rings (SSSR count). The molecule has 0 amide bonds. The van der Waals surface area contributed by atoms with Crippen LogP contribution in [0.2, 0.25) is 0 Å². The van der Waals surface area contributed by atoms with E-state index >= 15 is 0 Å². The van der Waals surface area contributed by atoms with Gasteiger partial charge in [0.1, 0.15) is 5.82 Å². The Hall–Kier alpha value is -2.14. The Morgan fingerprint density at radius 2 is 1.95 bits per heavy atom. The van der Waals surface area contributed by atoms with Crippen LogP contribution in [-0.4, -0.2) is 41.0 Å². The van der Waals surface area contributed by atoms with E-state index in [1.165, 1.54) is 0 Å². The lowest BCUT2D eigenvalue weighted by molar-refractivity contribution is 0.282. The van der Waals surface area contributed by atoms with Gasteiger partial charge in [-0.25, -0.2) is 4.98 Å². The van der Waals surface area contributed by atoms with Gasteiger partial charge in [0.15, 0.2) is 0 Å². The lowest BCUT2D eigenvalue weighted by Crippen LogP contribution is -2.31. The summed E-state index contributed by atoms with van der Waals surface area (Å²) in [5.74, 6) is 1.02. The van der Waals surface area contributed by atoms with Crippen LogP contribution in [-0.2, 0) is 6.54 Å². The van der Waals surface area contributed by atoms with E-state index in [0.717, 1.165) is 50.7 Å². The second kappa shape index (κ2) is 6.54. The Bertz CT molecular complexity index is 555. The second-order valence-electron chi connectivity index (χ2n) is 5.39. The molecule has 2 aromatic rings. The van der Waals surface area contributed by atoms with Gasteiger partial charge in [-0.2, -0.15) is 0 Å². The van der Waals surface area contributed by atoms with Gasteiger partial charge in [-0.1, -0.05) is 6.07 Å². The van der Waals surface area contributed by atoms with Gasteiger partial charge >= 0.3 is 0 Å². The fourth-order valence-electron chi connectivity index (χ4n) is 2.66. The molecule has 3 heterocycles. The van der Waals surface area contributed by atoms with Crippen LogP contribution in [0.25, 0.3) is 0 Å². The first-order valence-electron chi connectivity index (χ1n) is 7.40. The maximum Gasteiger partial charge on any atom is 0.128 e. The van der Waals surface area contributed by atoms with E-state index in [1.807, 2.05) is 30.5 Å². The third-order valence-electron chi connectivity index (χ3n) is 3.80. The molecule has 2 aromatic heterocycles. The highest BCUT2D eigenvalue weighted by Crippen LogP contribution is 2.15. The van der Waals surface area contributed by atoms with E-state index in [-0.39, 0.29) is 0 Å². The molecule has 110 valence electrons. The fraction of sp³-hybridized carbons (Fsp3) is 0.375. The van der Waals surface area contributed by atoms with E-state index < -0.39 is 0 Å². The molecule has 0 bridgehead atoms. The zero-order valence-corrected chi connectivity index (χ0v) is 12.2. The van der Waals surface area contributed by atoms with Crippen molar-refractivity contribution in [3.05, 3.63) is 48.4 Å². The minimum atomic E-state index is 0.713. The average molecular weight is 283 g/mol. The molecule has 0 aliphatic carbocycles. The third-order valence-corrected chi connectivity index (χ3v) is 3.80. The van der Waals surface area contributed by atoms with Crippen LogP contribution in [0.5, 0.6) is 0 Å². The molecule has 5 nitrogen and oxygen atoms in total. The number of hydrogen-bond acceptors (Lipinski definition) is 5. The zero-order valence-electron chi connectivity index (χ0n) is 12.2. The Morgan fingerprint density at radius 3 is 2.71 bits per heavy atom. The lowest BCUT2D eigenvalue weighted by atomic mass is 10.3. The Balaban J connectivity index is 1.60. The molecule has 0 unspecified atom stereocenters. The van der Waals surface area contributed by atoms with Gasteiger partial charge in [0.25, 0.3) is 0 Å². The van der Waals surface area contributed by atoms with Crippen molar-refractivity contribution in [2.45, 2.75) is 13.0 Å². The number of rotatable bonds is 3. The molecule has 1 aliphatic heterocycles. The number of nitrogens with two attached hydrogens (primary N) is 1. The van der Waals surface area contributed by atoms with E-state index in [9.17, 15) is 0 Å². The Labute approximate surface area is 125 Å². The summed E-state index contributed by atoms with van der Waals surface area (Å²) in [6, 6.07) is 10.0. The van der Waals surface area contributed by atoms with Crippen molar-refractivity contribution < 1.29 is 0 Å². The summed E-state index contributed by atoms with van der Waals surface area (Å²) >= 11 is 0. The molecule has 1 saturated heterocycles. The number of hydrogen-bond donors (Lipinski definition) is 1. The fourth-order valence-corrected chi connectivity index (χ4v) is 2.66. The molecule has 0 atom stereocenters. The van der Waals surface area contributed by atoms with Crippen LogP contribution in [0.3, 0.4) is 0 Å². The van der Waals surface area contributed by atoms with Gasteiger partial charge in [0.2, 0.25) is 0 Å². The summed E-state index contributed by atoms with van der Waals surface area (Å²) in [4.78, 5) is 13.6. The highest BCUT2D eigenvalue weighted by atomic mass is 15.2. The maximum absolute atomic E-state index is 5.70. The molecule has 0 spiro atoms. The third kappa shape index (κ3) is 3.70. The summed E-state index contributed by atoms with van der Waals surface area (Å²) < 4.78 is 0. The molecule has 1 fully saturated rings. The first kappa shape index (κ1) is 13.8. The van der Waals surface area contributed by atoms with Crippen LogP contribution in [0.15, 0.2) is 42.7 Å². The van der Waals surface area contributed by atoms with Crippen molar-refractivity contribution in [2.75, 3.05) is 36.8 Å². The minimum Gasteiger partial charge on any atom is -0.397 e. The molecule has 0 radical (unpaired) electrons. The van der Waals surface area contributed by atoms with Gasteiger partial charge in [-0.05, 0) is 30.7 Å². The minimum absolute atomic E-state index is 0.713. The summed E-state index contributed by atoms with van der Waals surface area (Å²) in [6.07, 6.45) is 4.72. The molecule has 1 aliphatic rings. The smallest absolute Gasteiger partial charge is 0.128 e. The molecule has 2 N–H and O–H groups in total. The average Bonchev–Trinajstić information content (AvgIpc) is 2.75.